The molecule has 1 aliphatic rings. The van der Waals surface area contributed by atoms with E-state index in [0.29, 0.717) is 28.7 Å². The standard InChI is InChI=1S/C22H22F2N4O3S/c1-11-16-21(26-15-6-4-3-5-9-28(15)22(16)31)32-18(11)20(30)27-17(19(29)25-2)12-7-8-13(23)14(24)10-12/h7-8,10,17H,3-6,9H2,1-2H3,(H,25,29)(H,27,30). The highest BCUT2D eigenvalue weighted by Crippen LogP contribution is 2.29. The van der Waals surface area contributed by atoms with E-state index in [1.54, 1.807) is 11.5 Å². The fourth-order valence-electron chi connectivity index (χ4n) is 3.96. The predicted octanol–water partition coefficient (Wildman–Crippen LogP) is 2.99. The molecule has 0 aliphatic carbocycles. The molecule has 1 aromatic carbocycles. The molecular formula is C22H22F2N4O3S. The first-order chi connectivity index (χ1) is 15.3. The third kappa shape index (κ3) is 3.90. The largest absolute Gasteiger partial charge is 0.357 e. The Hall–Kier alpha value is -3.14. The lowest BCUT2D eigenvalue weighted by molar-refractivity contribution is -0.122. The van der Waals surface area contributed by atoms with Crippen LogP contribution in [0.5, 0.6) is 0 Å². The zero-order valence-corrected chi connectivity index (χ0v) is 18.4. The molecule has 168 valence electrons. The van der Waals surface area contributed by atoms with Gasteiger partial charge in [0.1, 0.15) is 16.7 Å². The highest BCUT2D eigenvalue weighted by atomic mass is 32.1. The summed E-state index contributed by atoms with van der Waals surface area (Å²) in [5, 5.41) is 5.40. The van der Waals surface area contributed by atoms with Crippen molar-refractivity contribution < 1.29 is 18.4 Å². The second-order valence-electron chi connectivity index (χ2n) is 7.73. The number of carbonyl (C=O) groups is 2. The molecular weight excluding hydrogens is 438 g/mol. The number of nitrogens with zero attached hydrogens (tertiary/aromatic N) is 2. The van der Waals surface area contributed by atoms with Crippen LogP contribution in [0.15, 0.2) is 23.0 Å². The first kappa shape index (κ1) is 22.1. The van der Waals surface area contributed by atoms with E-state index in [1.165, 1.54) is 13.1 Å². The molecule has 4 rings (SSSR count). The van der Waals surface area contributed by atoms with Gasteiger partial charge in [-0.2, -0.15) is 0 Å². The van der Waals surface area contributed by atoms with Gasteiger partial charge < -0.3 is 10.6 Å². The normalized spacial score (nSPS) is 14.5. The number of hydrogen-bond acceptors (Lipinski definition) is 5. The lowest BCUT2D eigenvalue weighted by Crippen LogP contribution is -2.39. The topological polar surface area (TPSA) is 93.1 Å². The van der Waals surface area contributed by atoms with Gasteiger partial charge in [-0.3, -0.25) is 19.0 Å². The minimum absolute atomic E-state index is 0.0975. The van der Waals surface area contributed by atoms with Crippen molar-refractivity contribution in [3.63, 3.8) is 0 Å². The Bertz CT molecular complexity index is 1280. The summed E-state index contributed by atoms with van der Waals surface area (Å²) >= 11 is 1.09. The van der Waals surface area contributed by atoms with Crippen LogP contribution in [-0.2, 0) is 17.8 Å². The molecule has 2 N–H and O–H groups in total. The number of thiophene rings is 1. The maximum Gasteiger partial charge on any atom is 0.262 e. The molecule has 0 saturated carbocycles. The van der Waals surface area contributed by atoms with E-state index in [9.17, 15) is 23.2 Å². The number of rotatable bonds is 4. The minimum atomic E-state index is -1.24. The van der Waals surface area contributed by atoms with Gasteiger partial charge in [-0.25, -0.2) is 13.8 Å². The number of likely N-dealkylation sites (N-methyl/N-ethyl adjacent to an activating group) is 1. The molecule has 1 aliphatic heterocycles. The van der Waals surface area contributed by atoms with Crippen molar-refractivity contribution in [2.75, 3.05) is 7.05 Å². The summed E-state index contributed by atoms with van der Waals surface area (Å²) in [7, 11) is 1.38. The second-order valence-corrected chi connectivity index (χ2v) is 8.73. The number of hydrogen-bond donors (Lipinski definition) is 2. The average molecular weight is 461 g/mol. The minimum Gasteiger partial charge on any atom is -0.357 e. The monoisotopic (exact) mass is 460 g/mol. The Morgan fingerprint density at radius 2 is 1.97 bits per heavy atom. The third-order valence-electron chi connectivity index (χ3n) is 5.68. The Kier molecular flexibility index (Phi) is 6.05. The van der Waals surface area contributed by atoms with Crippen molar-refractivity contribution in [1.82, 2.24) is 20.2 Å². The van der Waals surface area contributed by atoms with Gasteiger partial charge in [0.15, 0.2) is 11.6 Å². The van der Waals surface area contributed by atoms with Gasteiger partial charge in [-0.05, 0) is 43.0 Å². The van der Waals surface area contributed by atoms with Crippen molar-refractivity contribution in [3.05, 3.63) is 62.0 Å². The van der Waals surface area contributed by atoms with Crippen LogP contribution in [0.2, 0.25) is 0 Å². The van der Waals surface area contributed by atoms with E-state index >= 15 is 0 Å². The van der Waals surface area contributed by atoms with Crippen molar-refractivity contribution in [3.8, 4) is 0 Å². The predicted molar refractivity (Wildman–Crippen MR) is 117 cm³/mol. The maximum absolute atomic E-state index is 13.7. The molecule has 0 spiro atoms. The SMILES string of the molecule is CNC(=O)C(NC(=O)c1sc2nc3n(c(=O)c2c1C)CCCCC3)c1ccc(F)c(F)c1. The molecule has 3 heterocycles. The number of nitrogens with one attached hydrogen (secondary N) is 2. The summed E-state index contributed by atoms with van der Waals surface area (Å²) < 4.78 is 28.8. The molecule has 0 radical (unpaired) electrons. The summed E-state index contributed by atoms with van der Waals surface area (Å²) in [5.41, 5.74) is 0.420. The highest BCUT2D eigenvalue weighted by Gasteiger charge is 2.27. The zero-order valence-electron chi connectivity index (χ0n) is 17.6. The van der Waals surface area contributed by atoms with Crippen LogP contribution < -0.4 is 16.2 Å². The third-order valence-corrected chi connectivity index (χ3v) is 6.86. The van der Waals surface area contributed by atoms with E-state index < -0.39 is 29.5 Å². The molecule has 10 heteroatoms. The van der Waals surface area contributed by atoms with Crippen LogP contribution in [0.1, 0.15) is 51.9 Å². The summed E-state index contributed by atoms with van der Waals surface area (Å²) in [6, 6.07) is 1.77. The Labute approximate surface area is 186 Å². The van der Waals surface area contributed by atoms with Gasteiger partial charge in [-0.15, -0.1) is 11.3 Å². The van der Waals surface area contributed by atoms with E-state index in [1.807, 2.05) is 0 Å². The van der Waals surface area contributed by atoms with Gasteiger partial charge in [0, 0.05) is 20.0 Å². The Morgan fingerprint density at radius 1 is 1.19 bits per heavy atom. The zero-order chi connectivity index (χ0) is 23.0. The molecule has 1 atom stereocenters. The molecule has 7 nitrogen and oxygen atoms in total. The van der Waals surface area contributed by atoms with Gasteiger partial charge in [-0.1, -0.05) is 12.5 Å². The smallest absolute Gasteiger partial charge is 0.262 e. The van der Waals surface area contributed by atoms with Crippen molar-refractivity contribution in [1.29, 1.82) is 0 Å². The number of benzene rings is 1. The first-order valence-electron chi connectivity index (χ1n) is 10.3. The van der Waals surface area contributed by atoms with Gasteiger partial charge in [0.05, 0.1) is 10.3 Å². The molecule has 32 heavy (non-hydrogen) atoms. The number of halogens is 2. The molecule has 0 bridgehead atoms. The number of carbonyl (C=O) groups excluding carboxylic acids is 2. The maximum atomic E-state index is 13.7. The molecule has 0 saturated heterocycles. The van der Waals surface area contributed by atoms with Crippen molar-refractivity contribution in [2.24, 2.45) is 0 Å². The van der Waals surface area contributed by atoms with Crippen LogP contribution in [0.25, 0.3) is 10.2 Å². The van der Waals surface area contributed by atoms with Gasteiger partial charge >= 0.3 is 0 Å². The number of amides is 2. The Balaban J connectivity index is 1.73. The quantitative estimate of drug-likeness (QED) is 0.626. The number of aryl methyl sites for hydroxylation is 2. The molecule has 3 aromatic rings. The molecule has 2 aromatic heterocycles. The first-order valence-corrected chi connectivity index (χ1v) is 11.1. The summed E-state index contributed by atoms with van der Waals surface area (Å²) in [4.78, 5) is 44.0. The average Bonchev–Trinajstić information content (AvgIpc) is 2.94. The fraction of sp³-hybridized carbons (Fsp3) is 0.364. The molecule has 1 unspecified atom stereocenters. The Morgan fingerprint density at radius 3 is 2.69 bits per heavy atom. The van der Waals surface area contributed by atoms with E-state index in [2.05, 4.69) is 15.6 Å². The number of aromatic nitrogens is 2. The lowest BCUT2D eigenvalue weighted by Gasteiger charge is -2.17. The number of fused-ring (bicyclic) bond motifs is 2. The summed E-state index contributed by atoms with van der Waals surface area (Å²) in [6.45, 7) is 2.27. The summed E-state index contributed by atoms with van der Waals surface area (Å²) in [6.07, 6.45) is 3.60. The van der Waals surface area contributed by atoms with E-state index in [4.69, 9.17) is 0 Å². The van der Waals surface area contributed by atoms with Crippen molar-refractivity contribution >= 4 is 33.4 Å². The fourth-order valence-corrected chi connectivity index (χ4v) is 5.05. The van der Waals surface area contributed by atoms with Crippen LogP contribution in [0, 0.1) is 18.6 Å². The molecule has 2 amide bonds. The highest BCUT2D eigenvalue weighted by molar-refractivity contribution is 7.20. The lowest BCUT2D eigenvalue weighted by atomic mass is 10.1. The summed E-state index contributed by atoms with van der Waals surface area (Å²) in [5.74, 6) is -2.64. The van der Waals surface area contributed by atoms with Crippen LogP contribution in [0.3, 0.4) is 0 Å². The van der Waals surface area contributed by atoms with E-state index in [0.717, 1.165) is 48.6 Å². The van der Waals surface area contributed by atoms with Crippen molar-refractivity contribution in [2.45, 2.75) is 45.2 Å². The van der Waals surface area contributed by atoms with Gasteiger partial charge in [0.2, 0.25) is 5.91 Å². The van der Waals surface area contributed by atoms with Crippen LogP contribution in [-0.4, -0.2) is 28.4 Å². The van der Waals surface area contributed by atoms with Gasteiger partial charge in [0.25, 0.3) is 11.5 Å². The van der Waals surface area contributed by atoms with Crippen LogP contribution in [0.4, 0.5) is 8.78 Å². The molecule has 0 fully saturated rings. The van der Waals surface area contributed by atoms with Crippen LogP contribution >= 0.6 is 11.3 Å². The van der Waals surface area contributed by atoms with E-state index in [-0.39, 0.29) is 16.0 Å². The second kappa shape index (κ2) is 8.78.